The third-order valence-corrected chi connectivity index (χ3v) is 8.43. The fourth-order valence-electron chi connectivity index (χ4n) is 6.16. The van der Waals surface area contributed by atoms with Gasteiger partial charge in [0.1, 0.15) is 0 Å². The minimum absolute atomic E-state index is 0.957. The summed E-state index contributed by atoms with van der Waals surface area (Å²) in [5, 5.41) is 5.05. The molecule has 0 atom stereocenters. The normalized spacial score (nSPS) is 11.2. The zero-order valence-corrected chi connectivity index (χ0v) is 24.2. The summed E-state index contributed by atoms with van der Waals surface area (Å²) in [6.07, 6.45) is 0. The second-order valence-corrected chi connectivity index (χ2v) is 11.2. The van der Waals surface area contributed by atoms with Crippen LogP contribution >= 0.6 is 0 Å². The van der Waals surface area contributed by atoms with Crippen molar-refractivity contribution in [3.63, 3.8) is 0 Å². The van der Waals surface area contributed by atoms with Crippen molar-refractivity contribution in [1.82, 2.24) is 4.98 Å². The number of hydrogen-bond acceptors (Lipinski definition) is 1. The molecule has 0 aliphatic heterocycles. The lowest BCUT2D eigenvalue weighted by atomic mass is 9.94. The zero-order valence-electron chi connectivity index (χ0n) is 24.2. The second-order valence-electron chi connectivity index (χ2n) is 11.2. The molecule has 206 valence electrons. The lowest BCUT2D eigenvalue weighted by molar-refractivity contribution is 1.32. The molecule has 1 nitrogen and oxygen atoms in total. The predicted molar refractivity (Wildman–Crippen MR) is 186 cm³/mol. The molecule has 0 saturated carbocycles. The van der Waals surface area contributed by atoms with Crippen LogP contribution in [0, 0.1) is 0 Å². The van der Waals surface area contributed by atoms with Crippen molar-refractivity contribution in [3.05, 3.63) is 176 Å². The Morgan fingerprint density at radius 2 is 0.727 bits per heavy atom. The molecule has 0 spiro atoms. The summed E-state index contributed by atoms with van der Waals surface area (Å²) < 4.78 is 0. The SMILES string of the molecule is c1ccc(-c2cccc(-c3cc(-c4ccc5c(ccc6ccccc65)c4)cc(-c4cccc(-c5ccccc5)c4)n3)c2)cc1. The number of nitrogens with zero attached hydrogens (tertiary/aromatic N) is 1. The van der Waals surface area contributed by atoms with Crippen molar-refractivity contribution in [2.45, 2.75) is 0 Å². The van der Waals surface area contributed by atoms with E-state index >= 15 is 0 Å². The van der Waals surface area contributed by atoms with Crippen LogP contribution in [0.3, 0.4) is 0 Å². The molecule has 1 aromatic heterocycles. The maximum atomic E-state index is 5.27. The van der Waals surface area contributed by atoms with E-state index < -0.39 is 0 Å². The fraction of sp³-hybridized carbons (Fsp3) is 0. The molecule has 0 radical (unpaired) electrons. The van der Waals surface area contributed by atoms with E-state index in [0.717, 1.165) is 28.1 Å². The van der Waals surface area contributed by atoms with Crippen LogP contribution in [0.1, 0.15) is 0 Å². The first-order valence-electron chi connectivity index (χ1n) is 15.0. The van der Waals surface area contributed by atoms with Crippen molar-refractivity contribution in [2.75, 3.05) is 0 Å². The highest BCUT2D eigenvalue weighted by Crippen LogP contribution is 2.35. The van der Waals surface area contributed by atoms with Gasteiger partial charge in [0, 0.05) is 11.1 Å². The highest BCUT2D eigenvalue weighted by Gasteiger charge is 2.12. The van der Waals surface area contributed by atoms with Crippen molar-refractivity contribution in [1.29, 1.82) is 0 Å². The van der Waals surface area contributed by atoms with Gasteiger partial charge in [-0.3, -0.25) is 0 Å². The van der Waals surface area contributed by atoms with Crippen LogP contribution in [0.2, 0.25) is 0 Å². The van der Waals surface area contributed by atoms with Crippen LogP contribution in [0.25, 0.3) is 77.4 Å². The Kier molecular flexibility index (Phi) is 6.55. The fourth-order valence-corrected chi connectivity index (χ4v) is 6.16. The molecule has 1 heterocycles. The molecule has 1 heteroatoms. The van der Waals surface area contributed by atoms with Gasteiger partial charge in [0.15, 0.2) is 0 Å². The maximum absolute atomic E-state index is 5.27. The Labute approximate surface area is 257 Å². The van der Waals surface area contributed by atoms with E-state index in [1.54, 1.807) is 0 Å². The molecule has 0 fully saturated rings. The summed E-state index contributed by atoms with van der Waals surface area (Å²) in [4.78, 5) is 5.27. The van der Waals surface area contributed by atoms with Gasteiger partial charge in [0.2, 0.25) is 0 Å². The van der Waals surface area contributed by atoms with Crippen LogP contribution in [0.15, 0.2) is 176 Å². The molecular formula is C43H29N. The minimum Gasteiger partial charge on any atom is -0.248 e. The van der Waals surface area contributed by atoms with E-state index in [9.17, 15) is 0 Å². The predicted octanol–water partition coefficient (Wildman–Crippen LogP) is 11.7. The molecule has 0 N–H and O–H groups in total. The van der Waals surface area contributed by atoms with E-state index in [1.807, 2.05) is 0 Å². The molecule has 0 saturated heterocycles. The lowest BCUT2D eigenvalue weighted by Gasteiger charge is -2.13. The Bertz CT molecular complexity index is 2160. The molecule has 7 aromatic carbocycles. The van der Waals surface area contributed by atoms with Gasteiger partial charge in [0.05, 0.1) is 11.4 Å². The Morgan fingerprint density at radius 1 is 0.250 bits per heavy atom. The van der Waals surface area contributed by atoms with Crippen LogP contribution in [0.5, 0.6) is 0 Å². The lowest BCUT2D eigenvalue weighted by Crippen LogP contribution is -1.92. The van der Waals surface area contributed by atoms with Crippen molar-refractivity contribution in [2.24, 2.45) is 0 Å². The summed E-state index contributed by atoms with van der Waals surface area (Å²) in [5.41, 5.74) is 11.2. The number of benzene rings is 7. The summed E-state index contributed by atoms with van der Waals surface area (Å²) >= 11 is 0. The van der Waals surface area contributed by atoms with Gasteiger partial charge < -0.3 is 0 Å². The zero-order chi connectivity index (χ0) is 29.3. The monoisotopic (exact) mass is 559 g/mol. The molecule has 0 amide bonds. The van der Waals surface area contributed by atoms with Crippen LogP contribution in [-0.2, 0) is 0 Å². The van der Waals surface area contributed by atoms with Crippen LogP contribution < -0.4 is 0 Å². The largest absolute Gasteiger partial charge is 0.248 e. The highest BCUT2D eigenvalue weighted by molar-refractivity contribution is 6.08. The van der Waals surface area contributed by atoms with Gasteiger partial charge in [-0.1, -0.05) is 146 Å². The van der Waals surface area contributed by atoms with E-state index in [0.29, 0.717) is 0 Å². The van der Waals surface area contributed by atoms with Crippen LogP contribution in [0.4, 0.5) is 0 Å². The highest BCUT2D eigenvalue weighted by atomic mass is 14.7. The van der Waals surface area contributed by atoms with Gasteiger partial charge in [-0.2, -0.15) is 0 Å². The topological polar surface area (TPSA) is 12.9 Å². The summed E-state index contributed by atoms with van der Waals surface area (Å²) in [5.74, 6) is 0. The number of rotatable bonds is 5. The first kappa shape index (κ1) is 25.9. The molecule has 0 aliphatic carbocycles. The second kappa shape index (κ2) is 11.1. The Morgan fingerprint density at radius 3 is 1.36 bits per heavy atom. The van der Waals surface area contributed by atoms with Gasteiger partial charge in [-0.05, 0) is 85.3 Å². The molecule has 44 heavy (non-hydrogen) atoms. The number of fused-ring (bicyclic) bond motifs is 3. The third kappa shape index (κ3) is 4.95. The summed E-state index contributed by atoms with van der Waals surface area (Å²) in [6.45, 7) is 0. The molecular weight excluding hydrogens is 530 g/mol. The molecule has 8 rings (SSSR count). The Balaban J connectivity index is 1.30. The van der Waals surface area contributed by atoms with Gasteiger partial charge in [-0.25, -0.2) is 4.98 Å². The smallest absolute Gasteiger partial charge is 0.0715 e. The quantitative estimate of drug-likeness (QED) is 0.191. The van der Waals surface area contributed by atoms with Gasteiger partial charge in [0.25, 0.3) is 0 Å². The van der Waals surface area contributed by atoms with Gasteiger partial charge >= 0.3 is 0 Å². The summed E-state index contributed by atoms with van der Waals surface area (Å²) in [6, 6.07) is 62.8. The maximum Gasteiger partial charge on any atom is 0.0715 e. The van der Waals surface area contributed by atoms with E-state index in [1.165, 1.54) is 49.4 Å². The standard InChI is InChI=1S/C43H29N/c1-3-11-30(12-4-1)33-16-9-18-37(26-33)42-28-39(35-23-24-41-36(25-35)22-21-32-15-7-8-20-40(32)41)29-43(44-42)38-19-10-17-34(27-38)31-13-5-2-6-14-31/h1-29H. The number of aromatic nitrogens is 1. The summed E-state index contributed by atoms with van der Waals surface area (Å²) in [7, 11) is 0. The van der Waals surface area contributed by atoms with E-state index in [4.69, 9.17) is 4.98 Å². The average Bonchev–Trinajstić information content (AvgIpc) is 3.12. The first-order valence-corrected chi connectivity index (χ1v) is 15.0. The van der Waals surface area contributed by atoms with Gasteiger partial charge in [-0.15, -0.1) is 0 Å². The van der Waals surface area contributed by atoms with E-state index in [2.05, 4.69) is 176 Å². The number of hydrogen-bond donors (Lipinski definition) is 0. The molecule has 0 unspecified atom stereocenters. The van der Waals surface area contributed by atoms with Crippen molar-refractivity contribution >= 4 is 21.5 Å². The molecule has 0 bridgehead atoms. The average molecular weight is 560 g/mol. The van der Waals surface area contributed by atoms with Crippen molar-refractivity contribution < 1.29 is 0 Å². The number of pyridine rings is 1. The third-order valence-electron chi connectivity index (χ3n) is 8.43. The van der Waals surface area contributed by atoms with Crippen molar-refractivity contribution in [3.8, 4) is 55.9 Å². The molecule has 0 aliphatic rings. The Hall–Kier alpha value is -5.79. The van der Waals surface area contributed by atoms with E-state index in [-0.39, 0.29) is 0 Å². The first-order chi connectivity index (χ1) is 21.8. The van der Waals surface area contributed by atoms with Crippen LogP contribution in [-0.4, -0.2) is 4.98 Å². The molecule has 8 aromatic rings. The minimum atomic E-state index is 0.957.